The second kappa shape index (κ2) is 8.36. The van der Waals surface area contributed by atoms with Crippen molar-refractivity contribution in [1.29, 1.82) is 0 Å². The number of methoxy groups -OCH3 is 2. The maximum absolute atomic E-state index is 13.8. The first-order valence-electron chi connectivity index (χ1n) is 14.0. The number of esters is 2. The fourth-order valence-electron chi connectivity index (χ4n) is 10.1. The van der Waals surface area contributed by atoms with Gasteiger partial charge in [0.2, 0.25) is 0 Å². The molecule has 0 radical (unpaired) electrons. The van der Waals surface area contributed by atoms with E-state index in [0.717, 1.165) is 38.5 Å². The minimum atomic E-state index is -0.677. The van der Waals surface area contributed by atoms with Gasteiger partial charge in [0.05, 0.1) is 19.9 Å². The Kier molecular flexibility index (Phi) is 5.61. The molecule has 38 heavy (non-hydrogen) atoms. The summed E-state index contributed by atoms with van der Waals surface area (Å²) in [6.45, 7) is 6.91. The van der Waals surface area contributed by atoms with Crippen LogP contribution >= 0.6 is 0 Å². The highest BCUT2D eigenvalue weighted by molar-refractivity contribution is 6.03. The maximum Gasteiger partial charge on any atom is 0.359 e. The van der Waals surface area contributed by atoms with Crippen molar-refractivity contribution >= 4 is 23.5 Å². The minimum absolute atomic E-state index is 0.0372. The number of allylic oxidation sites excluding steroid dienone is 1. The van der Waals surface area contributed by atoms with Gasteiger partial charge in [-0.1, -0.05) is 19.4 Å². The van der Waals surface area contributed by atoms with Crippen LogP contribution in [-0.4, -0.2) is 47.5 Å². The van der Waals surface area contributed by atoms with Gasteiger partial charge >= 0.3 is 11.9 Å². The number of carbonyl (C=O) groups is 4. The highest BCUT2D eigenvalue weighted by Gasteiger charge is 2.70. The summed E-state index contributed by atoms with van der Waals surface area (Å²) in [6, 6.07) is 0. The van der Waals surface area contributed by atoms with Crippen LogP contribution in [0.2, 0.25) is 0 Å². The van der Waals surface area contributed by atoms with Gasteiger partial charge in [0.25, 0.3) is 0 Å². The lowest BCUT2D eigenvalue weighted by Gasteiger charge is -2.60. The van der Waals surface area contributed by atoms with E-state index in [4.69, 9.17) is 9.47 Å². The molecule has 8 nitrogen and oxygen atoms in total. The fourth-order valence-corrected chi connectivity index (χ4v) is 10.1. The fraction of sp³-hybridized carbons (Fsp3) is 0.700. The summed E-state index contributed by atoms with van der Waals surface area (Å²) in [5, 5.41) is 4.53. The molecule has 2 heterocycles. The lowest BCUT2D eigenvalue weighted by atomic mass is 9.44. The number of nitrogens with zero attached hydrogens (tertiary/aromatic N) is 2. The van der Waals surface area contributed by atoms with Crippen LogP contribution in [0, 0.1) is 39.9 Å². The van der Waals surface area contributed by atoms with E-state index >= 15 is 0 Å². The molecule has 6 rings (SSSR count). The molecule has 0 aromatic carbocycles. The van der Waals surface area contributed by atoms with E-state index in [-0.39, 0.29) is 39.6 Å². The number of hydrogen-bond donors (Lipinski definition) is 0. The lowest BCUT2D eigenvalue weighted by molar-refractivity contribution is -0.146. The van der Waals surface area contributed by atoms with Crippen molar-refractivity contribution < 1.29 is 28.7 Å². The van der Waals surface area contributed by atoms with E-state index in [9.17, 15) is 19.2 Å². The van der Waals surface area contributed by atoms with Crippen molar-refractivity contribution in [2.75, 3.05) is 14.2 Å². The summed E-state index contributed by atoms with van der Waals surface area (Å²) < 4.78 is 11.7. The van der Waals surface area contributed by atoms with Gasteiger partial charge in [0.1, 0.15) is 11.3 Å². The Labute approximate surface area is 223 Å². The van der Waals surface area contributed by atoms with Crippen molar-refractivity contribution in [2.24, 2.45) is 39.9 Å². The topological polar surface area (TPSA) is 105 Å². The Bertz CT molecular complexity index is 1290. The molecule has 3 fully saturated rings. The molecule has 1 aliphatic heterocycles. The number of ketones is 2. The minimum Gasteiger partial charge on any atom is -0.465 e. The first kappa shape index (κ1) is 25.5. The summed E-state index contributed by atoms with van der Waals surface area (Å²) in [4.78, 5) is 51.5. The third-order valence-electron chi connectivity index (χ3n) is 11.9. The first-order chi connectivity index (χ1) is 18.0. The average Bonchev–Trinajstić information content (AvgIpc) is 3.39. The van der Waals surface area contributed by atoms with Crippen LogP contribution in [-0.2, 0) is 32.0 Å². The Morgan fingerprint density at radius 3 is 2.45 bits per heavy atom. The molecular formula is C30H38N2O6. The van der Waals surface area contributed by atoms with Gasteiger partial charge < -0.3 is 9.47 Å². The molecule has 0 saturated heterocycles. The number of ether oxygens (including phenoxy) is 2. The number of rotatable bonds is 3. The number of Topliss-reactive ketones (excluding diaryl/α,β-unsaturated/α-hetero) is 1. The average molecular weight is 523 g/mol. The van der Waals surface area contributed by atoms with Gasteiger partial charge in [-0.05, 0) is 86.0 Å². The first-order valence-corrected chi connectivity index (χ1v) is 14.0. The molecule has 0 N–H and O–H groups in total. The molecule has 4 aliphatic carbocycles. The van der Waals surface area contributed by atoms with Crippen molar-refractivity contribution in [2.45, 2.75) is 78.7 Å². The zero-order valence-corrected chi connectivity index (χ0v) is 23.1. The van der Waals surface area contributed by atoms with E-state index in [1.165, 1.54) is 19.8 Å². The summed E-state index contributed by atoms with van der Waals surface area (Å²) in [5.41, 5.74) is 1.26. The Morgan fingerprint density at radius 1 is 1.03 bits per heavy atom. The highest BCUT2D eigenvalue weighted by atomic mass is 16.5. The van der Waals surface area contributed by atoms with Crippen LogP contribution < -0.4 is 0 Å². The zero-order valence-electron chi connectivity index (χ0n) is 23.1. The monoisotopic (exact) mass is 522 g/mol. The Balaban J connectivity index is 1.43. The molecule has 0 amide bonds. The molecule has 204 valence electrons. The SMILES string of the molecule is COC(=O)c1nn2c(c1C(=O)OC)C[C@]1(C(C)=O)[C@@H](C[C@H]3[C@@H]4CCC5=CC(=O)CC[C@]5(C)[C@H]4CC[C@@]31C)C2. The van der Waals surface area contributed by atoms with Crippen LogP contribution in [0.1, 0.15) is 92.3 Å². The summed E-state index contributed by atoms with van der Waals surface area (Å²) in [5.74, 6) is 0.617. The smallest absolute Gasteiger partial charge is 0.359 e. The maximum atomic E-state index is 13.8. The number of fused-ring (bicyclic) bond motifs is 8. The summed E-state index contributed by atoms with van der Waals surface area (Å²) >= 11 is 0. The third kappa shape index (κ3) is 3.06. The molecule has 1 aromatic heterocycles. The molecular weight excluding hydrogens is 484 g/mol. The quantitative estimate of drug-likeness (QED) is 0.544. The van der Waals surface area contributed by atoms with Gasteiger partial charge in [0, 0.05) is 24.8 Å². The van der Waals surface area contributed by atoms with Crippen LogP contribution in [0.4, 0.5) is 0 Å². The van der Waals surface area contributed by atoms with Crippen molar-refractivity contribution in [3.63, 3.8) is 0 Å². The van der Waals surface area contributed by atoms with Crippen LogP contribution in [0.25, 0.3) is 0 Å². The highest BCUT2D eigenvalue weighted by Crippen LogP contribution is 2.73. The summed E-state index contributed by atoms with van der Waals surface area (Å²) in [7, 11) is 2.56. The van der Waals surface area contributed by atoms with E-state index < -0.39 is 17.4 Å². The van der Waals surface area contributed by atoms with Crippen LogP contribution in [0.3, 0.4) is 0 Å². The number of carbonyl (C=O) groups excluding carboxylic acids is 4. The Morgan fingerprint density at radius 2 is 1.76 bits per heavy atom. The summed E-state index contributed by atoms with van der Waals surface area (Å²) in [6.07, 6.45) is 8.81. The van der Waals surface area contributed by atoms with Gasteiger partial charge in [-0.2, -0.15) is 5.10 Å². The van der Waals surface area contributed by atoms with Crippen LogP contribution in [0.5, 0.6) is 0 Å². The van der Waals surface area contributed by atoms with Crippen LogP contribution in [0.15, 0.2) is 11.6 Å². The van der Waals surface area contributed by atoms with Crippen molar-refractivity contribution in [3.8, 4) is 0 Å². The molecule has 0 spiro atoms. The largest absolute Gasteiger partial charge is 0.465 e. The van der Waals surface area contributed by atoms with Crippen molar-refractivity contribution in [3.05, 3.63) is 28.6 Å². The second-order valence-corrected chi connectivity index (χ2v) is 12.9. The number of aromatic nitrogens is 2. The molecule has 0 unspecified atom stereocenters. The molecule has 8 heteroatoms. The molecule has 3 saturated carbocycles. The predicted molar refractivity (Wildman–Crippen MR) is 137 cm³/mol. The second-order valence-electron chi connectivity index (χ2n) is 12.9. The van der Waals surface area contributed by atoms with E-state index in [2.05, 4.69) is 18.9 Å². The standard InChI is InChI=1S/C30H38N2O6/c1-16(33)30-14-23-24(26(35)37-4)25(27(36)38-5)31-32(23)15-18(30)13-22-20-7-6-17-12-19(34)8-10-28(17,2)21(20)9-11-29(22,30)3/h12,18,20-22H,6-11,13-15H2,1-5H3/t18-,20+,21-,22-,28-,29-,30-/m0/s1. The normalized spacial score (nSPS) is 39.1. The van der Waals surface area contributed by atoms with E-state index in [1.54, 1.807) is 11.6 Å². The molecule has 5 aliphatic rings. The zero-order chi connectivity index (χ0) is 27.2. The number of hydrogen-bond acceptors (Lipinski definition) is 7. The van der Waals surface area contributed by atoms with Gasteiger partial charge in [-0.3, -0.25) is 14.3 Å². The molecule has 7 atom stereocenters. The van der Waals surface area contributed by atoms with E-state index in [0.29, 0.717) is 42.8 Å². The predicted octanol–water partition coefficient (Wildman–Crippen LogP) is 4.35. The van der Waals surface area contributed by atoms with Gasteiger partial charge in [-0.25, -0.2) is 9.59 Å². The Hall–Kier alpha value is -2.77. The van der Waals surface area contributed by atoms with E-state index in [1.807, 2.05) is 6.08 Å². The van der Waals surface area contributed by atoms with Gasteiger partial charge in [0.15, 0.2) is 11.5 Å². The van der Waals surface area contributed by atoms with Gasteiger partial charge in [-0.15, -0.1) is 0 Å². The lowest BCUT2D eigenvalue weighted by Crippen LogP contribution is -2.57. The molecule has 1 aromatic rings. The molecule has 0 bridgehead atoms. The van der Waals surface area contributed by atoms with Crippen molar-refractivity contribution in [1.82, 2.24) is 9.78 Å². The third-order valence-corrected chi connectivity index (χ3v) is 11.9.